The Kier molecular flexibility index (Phi) is 6.03. The molecule has 0 unspecified atom stereocenters. The van der Waals surface area contributed by atoms with Gasteiger partial charge in [0.05, 0.1) is 22.3 Å². The second kappa shape index (κ2) is 8.89. The third-order valence-electron chi connectivity index (χ3n) is 4.46. The van der Waals surface area contributed by atoms with Crippen LogP contribution in [0, 0.1) is 0 Å². The Morgan fingerprint density at radius 3 is 2.68 bits per heavy atom. The summed E-state index contributed by atoms with van der Waals surface area (Å²) in [5.41, 5.74) is 0.553. The number of fused-ring (bicyclic) bond motifs is 1. The molecule has 4 rings (SSSR count). The first-order chi connectivity index (χ1) is 14.9. The number of thioether (sulfide) groups is 1. The van der Waals surface area contributed by atoms with Gasteiger partial charge in [0.25, 0.3) is 0 Å². The maximum absolute atomic E-state index is 12.8. The zero-order valence-corrected chi connectivity index (χ0v) is 17.0. The molecule has 0 spiro atoms. The molecule has 2 aromatic carbocycles. The van der Waals surface area contributed by atoms with Crippen molar-refractivity contribution in [2.24, 2.45) is 0 Å². The number of aromatic amines is 1. The number of imidazole rings is 1. The molecule has 1 aliphatic rings. The molecule has 1 heterocycles. The number of carbonyl (C=O) groups is 1. The van der Waals surface area contributed by atoms with Crippen molar-refractivity contribution in [1.29, 1.82) is 0 Å². The number of aromatic nitrogens is 2. The number of amides is 1. The summed E-state index contributed by atoms with van der Waals surface area (Å²) in [7, 11) is 0. The van der Waals surface area contributed by atoms with Gasteiger partial charge < -0.3 is 15.0 Å². The smallest absolute Gasteiger partial charge is 0.416 e. The molecule has 1 aliphatic carbocycles. The third-order valence-corrected chi connectivity index (χ3v) is 5.34. The van der Waals surface area contributed by atoms with Crippen molar-refractivity contribution in [2.45, 2.75) is 24.2 Å². The molecule has 0 atom stereocenters. The van der Waals surface area contributed by atoms with Crippen LogP contribution in [0.4, 0.5) is 18.9 Å². The molecule has 0 fully saturated rings. The van der Waals surface area contributed by atoms with Crippen LogP contribution in [0.2, 0.25) is 0 Å². The molecular weight excluding hydrogens is 427 g/mol. The number of benzene rings is 2. The highest BCUT2D eigenvalue weighted by molar-refractivity contribution is 7.99. The van der Waals surface area contributed by atoms with E-state index in [1.54, 1.807) is 24.3 Å². The second-order valence-electron chi connectivity index (χ2n) is 6.82. The zero-order valence-electron chi connectivity index (χ0n) is 16.2. The molecule has 31 heavy (non-hydrogen) atoms. The van der Waals surface area contributed by atoms with E-state index >= 15 is 0 Å². The molecular formula is C22H18F3N3O2S. The molecule has 9 heteroatoms. The predicted molar refractivity (Wildman–Crippen MR) is 114 cm³/mol. The van der Waals surface area contributed by atoms with Crippen molar-refractivity contribution in [3.05, 3.63) is 72.0 Å². The first-order valence-electron chi connectivity index (χ1n) is 9.51. The minimum Gasteiger partial charge on any atom is -0.458 e. The first kappa shape index (κ1) is 21.0. The van der Waals surface area contributed by atoms with E-state index in [0.29, 0.717) is 22.1 Å². The first-order valence-corrected chi connectivity index (χ1v) is 10.5. The Morgan fingerprint density at radius 1 is 1.16 bits per heavy atom. The molecule has 1 amide bonds. The molecule has 1 aromatic heterocycles. The van der Waals surface area contributed by atoms with Gasteiger partial charge >= 0.3 is 6.18 Å². The summed E-state index contributed by atoms with van der Waals surface area (Å²) >= 11 is 1.11. The van der Waals surface area contributed by atoms with Gasteiger partial charge in [0.15, 0.2) is 5.16 Å². The molecule has 160 valence electrons. The highest BCUT2D eigenvalue weighted by Gasteiger charge is 2.30. The Hall–Kier alpha value is -3.20. The van der Waals surface area contributed by atoms with Gasteiger partial charge in [-0.25, -0.2) is 4.98 Å². The average Bonchev–Trinajstić information content (AvgIpc) is 3.16. The topological polar surface area (TPSA) is 67.0 Å². The summed E-state index contributed by atoms with van der Waals surface area (Å²) in [6.07, 6.45) is 3.55. The molecule has 5 nitrogen and oxygen atoms in total. The Bertz CT molecular complexity index is 1150. The number of halogens is 3. The maximum atomic E-state index is 12.8. The van der Waals surface area contributed by atoms with Crippen LogP contribution in [0.3, 0.4) is 0 Å². The molecule has 2 N–H and O–H groups in total. The van der Waals surface area contributed by atoms with Gasteiger partial charge in [0.2, 0.25) is 5.91 Å². The lowest BCUT2D eigenvalue weighted by atomic mass is 10.2. The highest BCUT2D eigenvalue weighted by Crippen LogP contribution is 2.31. The summed E-state index contributed by atoms with van der Waals surface area (Å²) in [5, 5.41) is 3.15. The number of nitrogens with zero attached hydrogens (tertiary/aromatic N) is 1. The fourth-order valence-electron chi connectivity index (χ4n) is 2.97. The van der Waals surface area contributed by atoms with E-state index in [1.807, 2.05) is 12.2 Å². The van der Waals surface area contributed by atoms with Gasteiger partial charge in [-0.1, -0.05) is 17.8 Å². The summed E-state index contributed by atoms with van der Waals surface area (Å²) in [6.45, 7) is 0. The van der Waals surface area contributed by atoms with E-state index in [0.717, 1.165) is 42.5 Å². The quantitative estimate of drug-likeness (QED) is 0.462. The largest absolute Gasteiger partial charge is 0.458 e. The number of H-pyrrole nitrogens is 1. The van der Waals surface area contributed by atoms with Crippen LogP contribution >= 0.6 is 11.8 Å². The number of rotatable bonds is 6. The van der Waals surface area contributed by atoms with E-state index in [4.69, 9.17) is 4.74 Å². The summed E-state index contributed by atoms with van der Waals surface area (Å²) in [4.78, 5) is 19.2. The second-order valence-corrected chi connectivity index (χ2v) is 7.79. The monoisotopic (exact) mass is 445 g/mol. The van der Waals surface area contributed by atoms with Crippen molar-refractivity contribution < 1.29 is 22.7 Å². The van der Waals surface area contributed by atoms with Crippen LogP contribution < -0.4 is 10.1 Å². The number of hydrogen-bond acceptors (Lipinski definition) is 4. The number of anilines is 1. The van der Waals surface area contributed by atoms with E-state index in [1.165, 1.54) is 6.07 Å². The fraction of sp³-hybridized carbons (Fsp3) is 0.182. The standard InChI is InChI=1S/C22H18F3N3O2S/c23-22(24,25)14-6-11-18-19(12-14)28-21(27-18)31-13-20(29)26-15-7-9-17(10-8-15)30-16-4-2-1-3-5-16/h2,4-12H,1,3,13H2,(H,26,29)(H,27,28). The van der Waals surface area contributed by atoms with Gasteiger partial charge in [-0.3, -0.25) is 4.79 Å². The van der Waals surface area contributed by atoms with Gasteiger partial charge in [-0.2, -0.15) is 13.2 Å². The third kappa shape index (κ3) is 5.49. The van der Waals surface area contributed by atoms with Crippen LogP contribution in [-0.2, 0) is 11.0 Å². The molecule has 3 aromatic rings. The summed E-state index contributed by atoms with van der Waals surface area (Å²) < 4.78 is 44.2. The summed E-state index contributed by atoms with van der Waals surface area (Å²) in [5.74, 6) is 1.27. The van der Waals surface area contributed by atoms with Crippen LogP contribution in [0.25, 0.3) is 11.0 Å². The van der Waals surface area contributed by atoms with Gasteiger partial charge in [-0.05, 0) is 67.5 Å². The number of ether oxygens (including phenoxy) is 1. The lowest BCUT2D eigenvalue weighted by Gasteiger charge is -2.10. The van der Waals surface area contributed by atoms with Gasteiger partial charge in [0, 0.05) is 5.69 Å². The Balaban J connectivity index is 1.31. The van der Waals surface area contributed by atoms with Crippen LogP contribution in [-0.4, -0.2) is 21.6 Å². The van der Waals surface area contributed by atoms with Crippen LogP contribution in [0.15, 0.2) is 71.6 Å². The molecule has 0 aliphatic heterocycles. The Morgan fingerprint density at radius 2 is 1.97 bits per heavy atom. The lowest BCUT2D eigenvalue weighted by Crippen LogP contribution is -2.14. The van der Waals surface area contributed by atoms with Gasteiger partial charge in [-0.15, -0.1) is 0 Å². The molecule has 0 radical (unpaired) electrons. The predicted octanol–water partition coefficient (Wildman–Crippen LogP) is 5.93. The number of alkyl halides is 3. The molecule has 0 bridgehead atoms. The van der Waals surface area contributed by atoms with Crippen molar-refractivity contribution in [3.8, 4) is 5.75 Å². The van der Waals surface area contributed by atoms with E-state index in [9.17, 15) is 18.0 Å². The van der Waals surface area contributed by atoms with Crippen molar-refractivity contribution in [3.63, 3.8) is 0 Å². The number of hydrogen-bond donors (Lipinski definition) is 2. The van der Waals surface area contributed by atoms with E-state index < -0.39 is 11.7 Å². The number of allylic oxidation sites excluding steroid dienone is 3. The molecule has 0 saturated heterocycles. The van der Waals surface area contributed by atoms with Crippen LogP contribution in [0.1, 0.15) is 18.4 Å². The highest BCUT2D eigenvalue weighted by atomic mass is 32.2. The van der Waals surface area contributed by atoms with E-state index in [-0.39, 0.29) is 17.2 Å². The Labute approximate surface area is 180 Å². The number of carbonyl (C=O) groups excluding carboxylic acids is 1. The fourth-order valence-corrected chi connectivity index (χ4v) is 3.65. The van der Waals surface area contributed by atoms with Crippen molar-refractivity contribution in [2.75, 3.05) is 11.1 Å². The van der Waals surface area contributed by atoms with Crippen molar-refractivity contribution >= 4 is 34.4 Å². The minimum absolute atomic E-state index is 0.0574. The zero-order chi connectivity index (χ0) is 21.8. The average molecular weight is 445 g/mol. The van der Waals surface area contributed by atoms with Gasteiger partial charge in [0.1, 0.15) is 11.5 Å². The van der Waals surface area contributed by atoms with Crippen LogP contribution in [0.5, 0.6) is 5.75 Å². The lowest BCUT2D eigenvalue weighted by molar-refractivity contribution is -0.137. The van der Waals surface area contributed by atoms with E-state index in [2.05, 4.69) is 21.4 Å². The van der Waals surface area contributed by atoms with Crippen molar-refractivity contribution in [1.82, 2.24) is 9.97 Å². The SMILES string of the molecule is O=C(CSc1nc2ccc(C(F)(F)F)cc2[nH]1)Nc1ccc(OC2=CCCC=C2)cc1. The number of nitrogens with one attached hydrogen (secondary N) is 2. The normalized spacial score (nSPS) is 13.8. The summed E-state index contributed by atoms with van der Waals surface area (Å²) in [6, 6.07) is 10.3. The molecule has 0 saturated carbocycles. The maximum Gasteiger partial charge on any atom is 0.416 e. The minimum atomic E-state index is -4.42.